The molecule has 0 aromatic heterocycles. The first-order chi connectivity index (χ1) is 24.4. The van der Waals surface area contributed by atoms with Crippen LogP contribution in [-0.4, -0.2) is 8.07 Å². The van der Waals surface area contributed by atoms with E-state index in [4.69, 9.17) is 0 Å². The van der Waals surface area contributed by atoms with Crippen molar-refractivity contribution in [3.05, 3.63) is 128 Å². The minimum absolute atomic E-state index is 0.0890. The first-order valence-corrected chi connectivity index (χ1v) is 34.4. The second-order valence-corrected chi connectivity index (χ2v) is 43.5. The molecule has 7 rings (SSSR count). The van der Waals surface area contributed by atoms with Crippen LogP contribution >= 0.6 is 0 Å². The fourth-order valence-corrected chi connectivity index (χ4v) is 41.6. The van der Waals surface area contributed by atoms with Gasteiger partial charge in [0.15, 0.2) is 0 Å². The SMILES string of the molecule is CC[Si]1(C)C2=Cc3c(-c4cc(C(C)(C)C)cc(C(C)(C)C)c4)cccc3[CH]2[Hf]([CH3])([CH3])[CH]2C1=Cc1c(-c3cc(C(C)(C)C)cc(C(C)(C)C)c3)cccc12. The van der Waals surface area contributed by atoms with Crippen molar-refractivity contribution in [3.63, 3.8) is 0 Å². The molecular formula is C51H66HfSi. The van der Waals surface area contributed by atoms with Gasteiger partial charge in [-0.25, -0.2) is 0 Å². The molecule has 4 aromatic rings. The van der Waals surface area contributed by atoms with E-state index in [-0.39, 0.29) is 21.7 Å². The average molecular weight is 886 g/mol. The summed E-state index contributed by atoms with van der Waals surface area (Å²) in [7, 11) is -1.99. The molecule has 1 saturated heterocycles. The number of hydrogen-bond acceptors (Lipinski definition) is 0. The summed E-state index contributed by atoms with van der Waals surface area (Å²) in [5, 5.41) is 3.69. The van der Waals surface area contributed by atoms with Crippen LogP contribution in [0.4, 0.5) is 0 Å². The van der Waals surface area contributed by atoms with Crippen LogP contribution in [0.2, 0.25) is 22.0 Å². The summed E-state index contributed by atoms with van der Waals surface area (Å²) < 4.78 is 6.89. The molecule has 0 bridgehead atoms. The van der Waals surface area contributed by atoms with Crippen molar-refractivity contribution in [2.24, 2.45) is 0 Å². The first kappa shape index (κ1) is 38.7. The summed E-state index contributed by atoms with van der Waals surface area (Å²) >= 11 is -3.17. The van der Waals surface area contributed by atoms with Gasteiger partial charge in [0.1, 0.15) is 0 Å². The number of allylic oxidation sites excluding steroid dienone is 2. The van der Waals surface area contributed by atoms with Gasteiger partial charge in [-0.05, 0) is 0 Å². The zero-order chi connectivity index (χ0) is 38.8. The van der Waals surface area contributed by atoms with Gasteiger partial charge in [0.05, 0.1) is 0 Å². The Hall–Kier alpha value is -2.55. The van der Waals surface area contributed by atoms with Crippen LogP contribution in [0.5, 0.6) is 0 Å². The summed E-state index contributed by atoms with van der Waals surface area (Å²) in [5.41, 5.74) is 18.1. The molecule has 2 heteroatoms. The molecule has 2 aliphatic carbocycles. The van der Waals surface area contributed by atoms with Gasteiger partial charge in [-0.3, -0.25) is 0 Å². The van der Waals surface area contributed by atoms with E-state index in [9.17, 15) is 0 Å². The third-order valence-corrected chi connectivity index (χ3v) is 35.6. The van der Waals surface area contributed by atoms with Gasteiger partial charge < -0.3 is 0 Å². The Balaban J connectivity index is 1.43. The van der Waals surface area contributed by atoms with Crippen LogP contribution in [0.1, 0.15) is 142 Å². The van der Waals surface area contributed by atoms with Crippen molar-refractivity contribution >= 4 is 20.2 Å². The van der Waals surface area contributed by atoms with E-state index >= 15 is 0 Å². The fourth-order valence-electron chi connectivity index (χ4n) is 9.91. The van der Waals surface area contributed by atoms with Crippen molar-refractivity contribution in [2.45, 2.75) is 141 Å². The van der Waals surface area contributed by atoms with Crippen molar-refractivity contribution < 1.29 is 20.0 Å². The molecule has 1 aliphatic heterocycles. The van der Waals surface area contributed by atoms with Crippen molar-refractivity contribution in [1.82, 2.24) is 0 Å². The van der Waals surface area contributed by atoms with Crippen LogP contribution in [0.15, 0.2) is 83.2 Å². The summed E-state index contributed by atoms with van der Waals surface area (Å²) in [5.74, 6) is 0. The van der Waals surface area contributed by atoms with E-state index in [0.29, 0.717) is 7.35 Å². The second-order valence-electron chi connectivity index (χ2n) is 21.8. The summed E-state index contributed by atoms with van der Waals surface area (Å²) in [6, 6.07) is 30.9. The standard InChI is InChI=1S/C49H60Si.2CH3.Hf/c1-15-50(14,40-26-32-18-16-20-42(44(32)30-40)34-22-36(46(2,3)4)28-37(23-34)47(5,6)7)41-27-33-19-17-21-43(45(33)31-41)35-24-38(48(8,9)10)29-39(25-35)49(11,12)13;;;/h16-31H,15H2,1-14H3;2*1H3;. The van der Waals surface area contributed by atoms with E-state index in [1.165, 1.54) is 61.7 Å². The van der Waals surface area contributed by atoms with Crippen LogP contribution in [0.3, 0.4) is 0 Å². The van der Waals surface area contributed by atoms with E-state index in [1.807, 2.05) is 10.4 Å². The number of fused-ring (bicyclic) bond motifs is 6. The molecule has 1 fully saturated rings. The van der Waals surface area contributed by atoms with Crippen molar-refractivity contribution in [3.8, 4) is 22.3 Å². The predicted octanol–water partition coefficient (Wildman–Crippen LogP) is 15.2. The second kappa shape index (κ2) is 12.5. The van der Waals surface area contributed by atoms with Gasteiger partial charge in [0, 0.05) is 0 Å². The number of benzene rings is 4. The molecule has 2 unspecified atom stereocenters. The Bertz CT molecular complexity index is 1980. The molecule has 0 amide bonds. The molecule has 0 spiro atoms. The van der Waals surface area contributed by atoms with Gasteiger partial charge in [0.2, 0.25) is 0 Å². The molecule has 0 radical (unpaired) electrons. The molecule has 3 aliphatic rings. The topological polar surface area (TPSA) is 0 Å². The summed E-state index contributed by atoms with van der Waals surface area (Å²) in [6.07, 6.45) is 5.52. The molecule has 0 saturated carbocycles. The Morgan fingerprint density at radius 3 is 1.11 bits per heavy atom. The van der Waals surface area contributed by atoms with Crippen molar-refractivity contribution in [2.75, 3.05) is 0 Å². The van der Waals surface area contributed by atoms with E-state index in [0.717, 1.165) is 0 Å². The van der Waals surface area contributed by atoms with Crippen LogP contribution in [0, 0.1) is 0 Å². The summed E-state index contributed by atoms with van der Waals surface area (Å²) in [4.78, 5) is 0. The van der Waals surface area contributed by atoms with Gasteiger partial charge in [0.25, 0.3) is 0 Å². The number of rotatable bonds is 3. The van der Waals surface area contributed by atoms with Gasteiger partial charge in [-0.2, -0.15) is 0 Å². The fraction of sp³-hybridized carbons (Fsp3) is 0.451. The molecule has 0 nitrogen and oxygen atoms in total. The zero-order valence-corrected chi connectivity index (χ0v) is 40.5. The molecule has 2 atom stereocenters. The summed E-state index contributed by atoms with van der Waals surface area (Å²) in [6.45, 7) is 33.6. The maximum absolute atomic E-state index is 3.17. The number of hydrogen-bond donors (Lipinski definition) is 0. The zero-order valence-electron chi connectivity index (χ0n) is 35.9. The monoisotopic (exact) mass is 886 g/mol. The maximum atomic E-state index is 2.81. The van der Waals surface area contributed by atoms with E-state index in [2.05, 4.69) is 191 Å². The average Bonchev–Trinajstić information content (AvgIpc) is 3.67. The Morgan fingerprint density at radius 2 is 0.830 bits per heavy atom. The molecule has 1 heterocycles. The molecule has 0 N–H and O–H groups in total. The van der Waals surface area contributed by atoms with Gasteiger partial charge >= 0.3 is 331 Å². The normalized spacial score (nSPS) is 22.1. The predicted molar refractivity (Wildman–Crippen MR) is 234 cm³/mol. The Labute approximate surface area is 329 Å². The minimum atomic E-state index is -3.17. The molecular weight excluding hydrogens is 819 g/mol. The van der Waals surface area contributed by atoms with Crippen LogP contribution in [0.25, 0.3) is 34.4 Å². The van der Waals surface area contributed by atoms with Crippen LogP contribution in [-0.2, 0) is 41.6 Å². The van der Waals surface area contributed by atoms with Crippen LogP contribution < -0.4 is 0 Å². The molecule has 4 aromatic carbocycles. The van der Waals surface area contributed by atoms with Gasteiger partial charge in [-0.15, -0.1) is 0 Å². The molecule has 53 heavy (non-hydrogen) atoms. The van der Waals surface area contributed by atoms with E-state index in [1.54, 1.807) is 11.1 Å². The van der Waals surface area contributed by atoms with Gasteiger partial charge in [-0.1, -0.05) is 0 Å². The Morgan fingerprint density at radius 1 is 0.509 bits per heavy atom. The first-order valence-electron chi connectivity index (χ1n) is 20.4. The third-order valence-electron chi connectivity index (χ3n) is 13.5. The van der Waals surface area contributed by atoms with E-state index < -0.39 is 28.0 Å². The quantitative estimate of drug-likeness (QED) is 0.180. The van der Waals surface area contributed by atoms with Crippen molar-refractivity contribution in [1.29, 1.82) is 0 Å². The molecule has 278 valence electrons. The Kier molecular flexibility index (Phi) is 9.11. The third kappa shape index (κ3) is 6.35.